The molecule has 0 aromatic carbocycles. The van der Waals surface area contributed by atoms with Gasteiger partial charge in [-0.25, -0.2) is 8.78 Å². The van der Waals surface area contributed by atoms with Gasteiger partial charge in [0, 0.05) is 5.92 Å². The minimum atomic E-state index is -2.71. The summed E-state index contributed by atoms with van der Waals surface area (Å²) >= 11 is 0. The van der Waals surface area contributed by atoms with Crippen LogP contribution in [0.4, 0.5) is 8.78 Å². The molecule has 1 rings (SSSR count). The fraction of sp³-hybridized carbons (Fsp3) is 0.778. The van der Waals surface area contributed by atoms with Gasteiger partial charge >= 0.3 is 0 Å². The molecule has 12 heavy (non-hydrogen) atoms. The smallest absolute Gasteiger partial charge is 0.255 e. The Morgan fingerprint density at radius 2 is 1.83 bits per heavy atom. The summed E-state index contributed by atoms with van der Waals surface area (Å²) in [5.74, 6) is 2.57. The van der Waals surface area contributed by atoms with E-state index in [1.54, 1.807) is 0 Å². The maximum absolute atomic E-state index is 12.3. The molecule has 0 aliphatic heterocycles. The Balaban J connectivity index is 2.52. The molecule has 0 aromatic rings. The molecule has 0 aromatic heterocycles. The molecule has 68 valence electrons. The highest BCUT2D eigenvalue weighted by molar-refractivity contribution is 5.22. The molecule has 1 saturated carbocycles. The number of hydrogen-bond acceptors (Lipinski definition) is 1. The lowest BCUT2D eigenvalue weighted by Crippen LogP contribution is -2.50. The van der Waals surface area contributed by atoms with Crippen molar-refractivity contribution in [3.05, 3.63) is 0 Å². The molecule has 0 radical (unpaired) electrons. The molecule has 0 heterocycles. The molecule has 0 unspecified atom stereocenters. The molecule has 0 amide bonds. The Kier molecular flexibility index (Phi) is 2.13. The zero-order valence-electron chi connectivity index (χ0n) is 7.19. The lowest BCUT2D eigenvalue weighted by atomic mass is 9.77. The van der Waals surface area contributed by atoms with E-state index >= 15 is 0 Å². The fourth-order valence-corrected chi connectivity index (χ4v) is 1.17. The molecule has 0 saturated heterocycles. The van der Waals surface area contributed by atoms with Crippen molar-refractivity contribution in [3.63, 3.8) is 0 Å². The van der Waals surface area contributed by atoms with Crippen molar-refractivity contribution in [1.82, 2.24) is 0 Å². The summed E-state index contributed by atoms with van der Waals surface area (Å²) < 4.78 is 24.7. The molecule has 0 bridgehead atoms. The van der Waals surface area contributed by atoms with Crippen LogP contribution in [0.25, 0.3) is 0 Å². The van der Waals surface area contributed by atoms with Gasteiger partial charge in [-0.15, -0.1) is 0 Å². The van der Waals surface area contributed by atoms with E-state index in [4.69, 9.17) is 0 Å². The molecular weight excluding hydrogens is 162 g/mol. The van der Waals surface area contributed by atoms with E-state index in [1.165, 1.54) is 0 Å². The first kappa shape index (κ1) is 9.47. The van der Waals surface area contributed by atoms with Crippen LogP contribution in [-0.4, -0.2) is 16.6 Å². The highest BCUT2D eigenvalue weighted by Gasteiger charge is 2.55. The second-order valence-corrected chi connectivity index (χ2v) is 3.67. The van der Waals surface area contributed by atoms with Gasteiger partial charge in [-0.05, 0) is 0 Å². The van der Waals surface area contributed by atoms with Crippen LogP contribution in [0.3, 0.4) is 0 Å². The minimum absolute atomic E-state index is 0.114. The van der Waals surface area contributed by atoms with Crippen LogP contribution in [0.1, 0.15) is 26.7 Å². The number of alkyl halides is 2. The van der Waals surface area contributed by atoms with Crippen LogP contribution in [0.2, 0.25) is 0 Å². The second-order valence-electron chi connectivity index (χ2n) is 3.67. The Bertz CT molecular complexity index is 227. The fourth-order valence-electron chi connectivity index (χ4n) is 1.17. The third kappa shape index (κ3) is 2.18. The second kappa shape index (κ2) is 2.70. The Labute approximate surface area is 70.8 Å². The van der Waals surface area contributed by atoms with Gasteiger partial charge in [-0.1, -0.05) is 25.7 Å². The average Bonchev–Trinajstić information content (AvgIpc) is 1.79. The third-order valence-electron chi connectivity index (χ3n) is 1.70. The van der Waals surface area contributed by atoms with Crippen molar-refractivity contribution in [2.45, 2.75) is 38.2 Å². The van der Waals surface area contributed by atoms with Crippen molar-refractivity contribution >= 4 is 0 Å². The van der Waals surface area contributed by atoms with E-state index in [9.17, 15) is 13.9 Å². The standard InChI is InChI=1S/C9H12F2O/c1-7(2)3-4-8(12)5-9(10,11)6-8/h7,12H,5-6H2,1-2H3. The summed E-state index contributed by atoms with van der Waals surface area (Å²) in [4.78, 5) is 0. The molecule has 0 atom stereocenters. The normalized spacial score (nSPS) is 24.2. The predicted octanol–water partition coefficient (Wildman–Crippen LogP) is 1.81. The van der Waals surface area contributed by atoms with Gasteiger partial charge in [0.2, 0.25) is 0 Å². The lowest BCUT2D eigenvalue weighted by Gasteiger charge is -2.39. The highest BCUT2D eigenvalue weighted by atomic mass is 19.3. The quantitative estimate of drug-likeness (QED) is 0.555. The first-order valence-electron chi connectivity index (χ1n) is 3.96. The Morgan fingerprint density at radius 3 is 2.17 bits per heavy atom. The summed E-state index contributed by atoms with van der Waals surface area (Å²) in [6, 6.07) is 0. The van der Waals surface area contributed by atoms with E-state index in [2.05, 4.69) is 11.8 Å². The minimum Gasteiger partial charge on any atom is -0.377 e. The molecular formula is C9H12F2O. The number of rotatable bonds is 0. The number of halogens is 2. The van der Waals surface area contributed by atoms with Gasteiger partial charge in [-0.3, -0.25) is 0 Å². The van der Waals surface area contributed by atoms with E-state index in [0.717, 1.165) is 0 Å². The zero-order valence-corrected chi connectivity index (χ0v) is 7.19. The highest BCUT2D eigenvalue weighted by Crippen LogP contribution is 2.45. The van der Waals surface area contributed by atoms with Gasteiger partial charge in [0.15, 0.2) is 0 Å². The summed E-state index contributed by atoms with van der Waals surface area (Å²) in [5.41, 5.74) is -1.42. The zero-order chi connectivity index (χ0) is 9.41. The maximum Gasteiger partial charge on any atom is 0.255 e. The van der Waals surface area contributed by atoms with Gasteiger partial charge in [0.25, 0.3) is 5.92 Å². The van der Waals surface area contributed by atoms with Gasteiger partial charge in [0.1, 0.15) is 5.60 Å². The van der Waals surface area contributed by atoms with Crippen molar-refractivity contribution < 1.29 is 13.9 Å². The average molecular weight is 174 g/mol. The lowest BCUT2D eigenvalue weighted by molar-refractivity contribution is -0.176. The molecule has 3 heteroatoms. The number of aliphatic hydroxyl groups is 1. The van der Waals surface area contributed by atoms with Crippen LogP contribution < -0.4 is 0 Å². The van der Waals surface area contributed by atoms with Gasteiger partial charge in [0.05, 0.1) is 12.8 Å². The van der Waals surface area contributed by atoms with Crippen LogP contribution in [-0.2, 0) is 0 Å². The summed E-state index contributed by atoms with van der Waals surface area (Å²) in [6.07, 6.45) is -1.03. The first-order valence-corrected chi connectivity index (χ1v) is 3.96. The molecule has 0 spiro atoms. The molecule has 1 aliphatic carbocycles. The van der Waals surface area contributed by atoms with Crippen molar-refractivity contribution in [2.24, 2.45) is 5.92 Å². The van der Waals surface area contributed by atoms with Crippen LogP contribution in [0.15, 0.2) is 0 Å². The summed E-state index contributed by atoms with van der Waals surface area (Å²) in [7, 11) is 0. The SMILES string of the molecule is CC(C)C#CC1(O)CC(F)(F)C1. The molecule has 1 aliphatic rings. The maximum atomic E-state index is 12.3. The largest absolute Gasteiger partial charge is 0.377 e. The first-order chi connectivity index (χ1) is 5.33. The van der Waals surface area contributed by atoms with E-state index in [1.807, 2.05) is 13.8 Å². The summed E-state index contributed by atoms with van der Waals surface area (Å²) in [5, 5.41) is 9.34. The third-order valence-corrected chi connectivity index (χ3v) is 1.70. The summed E-state index contributed by atoms with van der Waals surface area (Å²) in [6.45, 7) is 3.71. The molecule has 1 N–H and O–H groups in total. The Hall–Kier alpha value is -0.620. The molecule has 1 nitrogen and oxygen atoms in total. The number of hydrogen-bond donors (Lipinski definition) is 1. The predicted molar refractivity (Wildman–Crippen MR) is 41.7 cm³/mol. The van der Waals surface area contributed by atoms with Gasteiger partial charge < -0.3 is 5.11 Å². The monoisotopic (exact) mass is 174 g/mol. The van der Waals surface area contributed by atoms with Crippen molar-refractivity contribution in [3.8, 4) is 11.8 Å². The topological polar surface area (TPSA) is 20.2 Å². The molecule has 1 fully saturated rings. The van der Waals surface area contributed by atoms with E-state index < -0.39 is 24.4 Å². The van der Waals surface area contributed by atoms with Crippen molar-refractivity contribution in [2.75, 3.05) is 0 Å². The van der Waals surface area contributed by atoms with E-state index in [-0.39, 0.29) is 5.92 Å². The van der Waals surface area contributed by atoms with Crippen LogP contribution in [0, 0.1) is 17.8 Å². The Morgan fingerprint density at radius 1 is 1.33 bits per heavy atom. The van der Waals surface area contributed by atoms with E-state index in [0.29, 0.717) is 0 Å². The van der Waals surface area contributed by atoms with Crippen molar-refractivity contribution in [1.29, 1.82) is 0 Å². The van der Waals surface area contributed by atoms with Crippen LogP contribution in [0.5, 0.6) is 0 Å². The van der Waals surface area contributed by atoms with Gasteiger partial charge in [-0.2, -0.15) is 0 Å². The van der Waals surface area contributed by atoms with Crippen LogP contribution >= 0.6 is 0 Å².